The Morgan fingerprint density at radius 1 is 1.04 bits per heavy atom. The van der Waals surface area contributed by atoms with Gasteiger partial charge in [0.25, 0.3) is 5.91 Å². The van der Waals surface area contributed by atoms with Gasteiger partial charge in [-0.1, -0.05) is 42.5 Å². The van der Waals surface area contributed by atoms with Crippen LogP contribution >= 0.6 is 22.6 Å². The highest BCUT2D eigenvalue weighted by Gasteiger charge is 2.24. The average molecular weight is 454 g/mol. The van der Waals surface area contributed by atoms with Crippen molar-refractivity contribution >= 4 is 45.2 Å². The van der Waals surface area contributed by atoms with Gasteiger partial charge in [0, 0.05) is 21.4 Å². The summed E-state index contributed by atoms with van der Waals surface area (Å²) in [5.74, 6) is 0.335. The first-order valence-electron chi connectivity index (χ1n) is 8.12. The monoisotopic (exact) mass is 454 g/mol. The lowest BCUT2D eigenvalue weighted by molar-refractivity contribution is -0.118. The SMILES string of the molecule is O=C(Nc1ccccn1)[C@@H](c1ccccc1)n1cc2ccc(I)cc2n1. The van der Waals surface area contributed by atoms with Gasteiger partial charge in [-0.15, -0.1) is 0 Å². The first-order chi connectivity index (χ1) is 12.7. The van der Waals surface area contributed by atoms with Crippen LogP contribution in [-0.4, -0.2) is 20.7 Å². The van der Waals surface area contributed by atoms with E-state index >= 15 is 0 Å². The third-order valence-electron chi connectivity index (χ3n) is 4.03. The summed E-state index contributed by atoms with van der Waals surface area (Å²) in [6.07, 6.45) is 3.55. The molecule has 0 bridgehead atoms. The van der Waals surface area contributed by atoms with E-state index in [0.717, 1.165) is 20.0 Å². The van der Waals surface area contributed by atoms with Gasteiger partial charge < -0.3 is 5.32 Å². The Balaban J connectivity index is 1.76. The molecule has 0 saturated heterocycles. The number of nitrogens with zero attached hydrogens (tertiary/aromatic N) is 3. The number of pyridine rings is 1. The molecule has 0 aliphatic rings. The summed E-state index contributed by atoms with van der Waals surface area (Å²) in [4.78, 5) is 17.2. The molecule has 128 valence electrons. The summed E-state index contributed by atoms with van der Waals surface area (Å²) in [5.41, 5.74) is 1.73. The molecule has 1 atom stereocenters. The fourth-order valence-electron chi connectivity index (χ4n) is 2.83. The van der Waals surface area contributed by atoms with Crippen LogP contribution in [0.1, 0.15) is 11.6 Å². The van der Waals surface area contributed by atoms with Crippen molar-refractivity contribution in [1.29, 1.82) is 0 Å². The Kier molecular flexibility index (Phi) is 4.66. The number of fused-ring (bicyclic) bond motifs is 1. The fraction of sp³-hybridized carbons (Fsp3) is 0.0500. The van der Waals surface area contributed by atoms with Crippen LogP contribution in [0, 0.1) is 3.57 Å². The zero-order valence-corrected chi connectivity index (χ0v) is 15.9. The van der Waals surface area contributed by atoms with Crippen molar-refractivity contribution in [2.24, 2.45) is 0 Å². The molecule has 0 fully saturated rings. The fourth-order valence-corrected chi connectivity index (χ4v) is 3.31. The van der Waals surface area contributed by atoms with Gasteiger partial charge in [0.2, 0.25) is 0 Å². The maximum Gasteiger partial charge on any atom is 0.254 e. The molecule has 4 aromatic rings. The van der Waals surface area contributed by atoms with Gasteiger partial charge in [-0.2, -0.15) is 5.10 Å². The van der Waals surface area contributed by atoms with E-state index in [1.807, 2.05) is 66.9 Å². The van der Waals surface area contributed by atoms with Crippen molar-refractivity contribution in [1.82, 2.24) is 14.8 Å². The van der Waals surface area contributed by atoms with E-state index in [-0.39, 0.29) is 5.91 Å². The van der Waals surface area contributed by atoms with Crippen molar-refractivity contribution in [3.05, 3.63) is 88.3 Å². The highest BCUT2D eigenvalue weighted by atomic mass is 127. The van der Waals surface area contributed by atoms with E-state index in [1.165, 1.54) is 0 Å². The summed E-state index contributed by atoms with van der Waals surface area (Å²) in [6, 6.07) is 20.5. The van der Waals surface area contributed by atoms with Crippen molar-refractivity contribution in [2.75, 3.05) is 5.32 Å². The Morgan fingerprint density at radius 3 is 2.62 bits per heavy atom. The molecule has 0 unspecified atom stereocenters. The number of amides is 1. The molecule has 2 heterocycles. The van der Waals surface area contributed by atoms with Crippen LogP contribution in [0.2, 0.25) is 0 Å². The number of aromatic nitrogens is 3. The maximum atomic E-state index is 13.0. The van der Waals surface area contributed by atoms with Crippen molar-refractivity contribution in [3.8, 4) is 0 Å². The van der Waals surface area contributed by atoms with Gasteiger partial charge in [-0.05, 0) is 52.4 Å². The van der Waals surface area contributed by atoms with Crippen LogP contribution < -0.4 is 5.32 Å². The van der Waals surface area contributed by atoms with Crippen LogP contribution in [0.3, 0.4) is 0 Å². The van der Waals surface area contributed by atoms with E-state index < -0.39 is 6.04 Å². The molecule has 0 aliphatic heterocycles. The summed E-state index contributed by atoms with van der Waals surface area (Å²) in [7, 11) is 0. The van der Waals surface area contributed by atoms with E-state index in [4.69, 9.17) is 0 Å². The van der Waals surface area contributed by atoms with Gasteiger partial charge in [0.1, 0.15) is 5.82 Å². The molecule has 2 aromatic heterocycles. The Bertz CT molecular complexity index is 1050. The first-order valence-corrected chi connectivity index (χ1v) is 9.20. The highest BCUT2D eigenvalue weighted by molar-refractivity contribution is 14.1. The van der Waals surface area contributed by atoms with E-state index in [0.29, 0.717) is 5.82 Å². The molecule has 4 rings (SSSR count). The first kappa shape index (κ1) is 16.7. The standard InChI is InChI=1S/C20H15IN4O/c21-16-10-9-15-13-25(24-17(15)12-16)19(14-6-2-1-3-7-14)20(26)23-18-8-4-5-11-22-18/h1-13,19H,(H,22,23,26)/t19-/m1/s1. The minimum absolute atomic E-state index is 0.183. The molecule has 2 aromatic carbocycles. The second-order valence-corrected chi connectivity index (χ2v) is 7.08. The van der Waals surface area contributed by atoms with Gasteiger partial charge in [0.05, 0.1) is 5.52 Å². The number of halogens is 1. The number of hydrogen-bond acceptors (Lipinski definition) is 3. The molecule has 0 radical (unpaired) electrons. The lowest BCUT2D eigenvalue weighted by Gasteiger charge is -2.17. The highest BCUT2D eigenvalue weighted by Crippen LogP contribution is 2.23. The zero-order chi connectivity index (χ0) is 17.9. The molecule has 0 aliphatic carbocycles. The minimum atomic E-state index is -0.580. The van der Waals surface area contributed by atoms with Crippen LogP contribution in [0.4, 0.5) is 5.82 Å². The van der Waals surface area contributed by atoms with Gasteiger partial charge in [-0.3, -0.25) is 9.48 Å². The third kappa shape index (κ3) is 3.45. The smallest absolute Gasteiger partial charge is 0.254 e. The topological polar surface area (TPSA) is 59.8 Å². The van der Waals surface area contributed by atoms with Gasteiger partial charge in [-0.25, -0.2) is 4.98 Å². The van der Waals surface area contributed by atoms with Crippen LogP contribution in [-0.2, 0) is 4.79 Å². The average Bonchev–Trinajstić information content (AvgIpc) is 3.06. The van der Waals surface area contributed by atoms with Crippen LogP contribution in [0.15, 0.2) is 79.1 Å². The quantitative estimate of drug-likeness (QED) is 0.469. The number of benzene rings is 2. The largest absolute Gasteiger partial charge is 0.309 e. The molecular formula is C20H15IN4O. The third-order valence-corrected chi connectivity index (χ3v) is 4.70. The molecule has 5 nitrogen and oxygen atoms in total. The molecular weight excluding hydrogens is 439 g/mol. The predicted molar refractivity (Wildman–Crippen MR) is 110 cm³/mol. The van der Waals surface area contributed by atoms with Gasteiger partial charge >= 0.3 is 0 Å². The molecule has 0 spiro atoms. The number of rotatable bonds is 4. The normalized spacial score (nSPS) is 12.0. The maximum absolute atomic E-state index is 13.0. The lowest BCUT2D eigenvalue weighted by atomic mass is 10.1. The van der Waals surface area contributed by atoms with Crippen LogP contribution in [0.5, 0.6) is 0 Å². The number of hydrogen-bond donors (Lipinski definition) is 1. The molecule has 6 heteroatoms. The second kappa shape index (κ2) is 7.25. The summed E-state index contributed by atoms with van der Waals surface area (Å²) < 4.78 is 2.82. The molecule has 26 heavy (non-hydrogen) atoms. The van der Waals surface area contributed by atoms with Gasteiger partial charge in [0.15, 0.2) is 6.04 Å². The second-order valence-electron chi connectivity index (χ2n) is 5.83. The molecule has 1 N–H and O–H groups in total. The summed E-state index contributed by atoms with van der Waals surface area (Å²) in [5, 5.41) is 8.52. The van der Waals surface area contributed by atoms with Crippen molar-refractivity contribution in [3.63, 3.8) is 0 Å². The van der Waals surface area contributed by atoms with Crippen LogP contribution in [0.25, 0.3) is 10.9 Å². The number of nitrogens with one attached hydrogen (secondary N) is 1. The van der Waals surface area contributed by atoms with Crippen molar-refractivity contribution < 1.29 is 4.79 Å². The van der Waals surface area contributed by atoms with Crippen molar-refractivity contribution in [2.45, 2.75) is 6.04 Å². The molecule has 1 amide bonds. The zero-order valence-electron chi connectivity index (χ0n) is 13.7. The van der Waals surface area contributed by atoms with E-state index in [1.54, 1.807) is 16.9 Å². The summed E-state index contributed by atoms with van der Waals surface area (Å²) in [6.45, 7) is 0. The van der Waals surface area contributed by atoms with E-state index in [9.17, 15) is 4.79 Å². The number of carbonyl (C=O) groups is 1. The lowest BCUT2D eigenvalue weighted by Crippen LogP contribution is -2.27. The van der Waals surface area contributed by atoms with E-state index in [2.05, 4.69) is 38.0 Å². The number of carbonyl (C=O) groups excluding carboxylic acids is 1. The summed E-state index contributed by atoms with van der Waals surface area (Å²) >= 11 is 2.26. The Labute approximate surface area is 164 Å². The number of anilines is 1. The predicted octanol–water partition coefficient (Wildman–Crippen LogP) is 4.26. The minimum Gasteiger partial charge on any atom is -0.309 e. The Hall–Kier alpha value is -2.74. The Morgan fingerprint density at radius 2 is 1.85 bits per heavy atom. The molecule has 0 saturated carbocycles.